The van der Waals surface area contributed by atoms with Gasteiger partial charge in [-0.25, -0.2) is 0 Å². The van der Waals surface area contributed by atoms with Gasteiger partial charge in [-0.1, -0.05) is 6.07 Å². The molecular weight excluding hydrogens is 380 g/mol. The molecule has 0 aliphatic carbocycles. The van der Waals surface area contributed by atoms with Gasteiger partial charge in [0.2, 0.25) is 11.8 Å². The molecule has 2 aromatic carbocycles. The van der Waals surface area contributed by atoms with Gasteiger partial charge in [-0.15, -0.1) is 0 Å². The second-order valence-electron chi connectivity index (χ2n) is 7.96. The number of fused-ring (bicyclic) bond motifs is 1. The predicted molar refractivity (Wildman–Crippen MR) is 118 cm³/mol. The molecule has 2 aromatic rings. The second kappa shape index (κ2) is 8.36. The number of primary amides is 1. The average molecular weight is 409 g/mol. The number of benzene rings is 2. The third-order valence-corrected chi connectivity index (χ3v) is 5.87. The van der Waals surface area contributed by atoms with Crippen LogP contribution in [0.2, 0.25) is 0 Å². The molecule has 2 amide bonds. The number of hydrogen-bond donors (Lipinski definition) is 2. The summed E-state index contributed by atoms with van der Waals surface area (Å²) >= 11 is 0. The number of anilines is 3. The first-order valence-electron chi connectivity index (χ1n) is 10.4. The number of ether oxygens (including phenoxy) is 1. The zero-order chi connectivity index (χ0) is 21.3. The van der Waals surface area contributed by atoms with E-state index in [9.17, 15) is 9.59 Å². The van der Waals surface area contributed by atoms with E-state index in [1.165, 1.54) is 0 Å². The van der Waals surface area contributed by atoms with Crippen molar-refractivity contribution in [2.45, 2.75) is 32.4 Å². The molecule has 1 fully saturated rings. The van der Waals surface area contributed by atoms with Gasteiger partial charge in [-0.3, -0.25) is 9.59 Å². The summed E-state index contributed by atoms with van der Waals surface area (Å²) in [5.74, 6) is -0.484. The first kappa shape index (κ1) is 20.2. The highest BCUT2D eigenvalue weighted by Gasteiger charge is 2.33. The molecule has 0 bridgehead atoms. The highest BCUT2D eigenvalue weighted by Crippen LogP contribution is 2.40. The maximum Gasteiger partial charge on any atom is 0.248 e. The molecule has 0 spiro atoms. The van der Waals surface area contributed by atoms with Gasteiger partial charge in [0.1, 0.15) is 0 Å². The first-order valence-corrected chi connectivity index (χ1v) is 10.4. The number of morpholine rings is 1. The zero-order valence-corrected chi connectivity index (χ0v) is 17.4. The Bertz CT molecular complexity index is 955. The van der Waals surface area contributed by atoms with Crippen LogP contribution < -0.4 is 20.9 Å². The Morgan fingerprint density at radius 3 is 2.60 bits per heavy atom. The van der Waals surface area contributed by atoms with E-state index in [0.717, 1.165) is 55.3 Å². The maximum atomic E-state index is 12.3. The fourth-order valence-corrected chi connectivity index (χ4v) is 4.45. The smallest absolute Gasteiger partial charge is 0.248 e. The molecule has 2 atom stereocenters. The minimum absolute atomic E-state index is 0.0108. The van der Waals surface area contributed by atoms with Crippen LogP contribution in [0.4, 0.5) is 17.1 Å². The molecule has 0 saturated carbocycles. The molecule has 2 aliphatic heterocycles. The van der Waals surface area contributed by atoms with Crippen molar-refractivity contribution in [2.75, 3.05) is 41.4 Å². The summed E-state index contributed by atoms with van der Waals surface area (Å²) in [5.41, 5.74) is 9.86. The molecule has 2 aliphatic rings. The number of nitrogens with one attached hydrogen (secondary N) is 1. The number of carbonyl (C=O) groups excluding carboxylic acids is 2. The molecule has 7 nitrogen and oxygen atoms in total. The lowest BCUT2D eigenvalue weighted by Gasteiger charge is -2.39. The number of nitrogens with zero attached hydrogens (tertiary/aromatic N) is 2. The van der Waals surface area contributed by atoms with Crippen molar-refractivity contribution in [3.8, 4) is 0 Å². The number of amides is 2. The van der Waals surface area contributed by atoms with Crippen molar-refractivity contribution in [2.24, 2.45) is 5.73 Å². The summed E-state index contributed by atoms with van der Waals surface area (Å²) < 4.78 is 5.46. The predicted octanol–water partition coefficient (Wildman–Crippen LogP) is 2.92. The van der Waals surface area contributed by atoms with E-state index in [4.69, 9.17) is 10.5 Å². The van der Waals surface area contributed by atoms with Crippen LogP contribution in [-0.2, 0) is 9.53 Å². The van der Waals surface area contributed by atoms with E-state index in [2.05, 4.69) is 22.3 Å². The summed E-state index contributed by atoms with van der Waals surface area (Å²) in [6, 6.07) is 13.7. The molecular formula is C23H28N4O3. The van der Waals surface area contributed by atoms with E-state index >= 15 is 0 Å². The fourth-order valence-electron chi connectivity index (χ4n) is 4.45. The molecule has 0 radical (unpaired) electrons. The van der Waals surface area contributed by atoms with Gasteiger partial charge in [-0.2, -0.15) is 0 Å². The van der Waals surface area contributed by atoms with Crippen LogP contribution in [0.15, 0.2) is 42.5 Å². The Balaban J connectivity index is 1.66. The molecule has 1 saturated heterocycles. The van der Waals surface area contributed by atoms with E-state index in [1.807, 2.05) is 31.2 Å². The lowest BCUT2D eigenvalue weighted by Crippen LogP contribution is -2.43. The van der Waals surface area contributed by atoms with Crippen molar-refractivity contribution in [1.29, 1.82) is 0 Å². The Morgan fingerprint density at radius 1 is 1.13 bits per heavy atom. The summed E-state index contributed by atoms with van der Waals surface area (Å²) in [6.45, 7) is 6.85. The first-order chi connectivity index (χ1) is 14.4. The lowest BCUT2D eigenvalue weighted by atomic mass is 9.90. The highest BCUT2D eigenvalue weighted by atomic mass is 16.5. The summed E-state index contributed by atoms with van der Waals surface area (Å²) in [5, 5.41) is 3.62. The van der Waals surface area contributed by atoms with Crippen molar-refractivity contribution in [3.63, 3.8) is 0 Å². The SMILES string of the molecule is CC(=O)N1c2ccc(C(N)=O)cc2C(Nc2cccc(N3CCOCC3)c2)CC1C. The largest absolute Gasteiger partial charge is 0.378 e. The average Bonchev–Trinajstić information content (AvgIpc) is 2.74. The van der Waals surface area contributed by atoms with Crippen LogP contribution in [0.1, 0.15) is 42.2 Å². The molecule has 2 unspecified atom stereocenters. The third kappa shape index (κ3) is 3.98. The van der Waals surface area contributed by atoms with Crippen molar-refractivity contribution in [3.05, 3.63) is 53.6 Å². The molecule has 30 heavy (non-hydrogen) atoms. The van der Waals surface area contributed by atoms with Crippen LogP contribution in [0.3, 0.4) is 0 Å². The Hall–Kier alpha value is -3.06. The summed E-state index contributed by atoms with van der Waals surface area (Å²) in [4.78, 5) is 28.1. The van der Waals surface area contributed by atoms with Crippen LogP contribution in [-0.4, -0.2) is 44.2 Å². The van der Waals surface area contributed by atoms with E-state index in [-0.39, 0.29) is 18.0 Å². The van der Waals surface area contributed by atoms with Gasteiger partial charge in [0, 0.05) is 48.7 Å². The third-order valence-electron chi connectivity index (χ3n) is 5.87. The Labute approximate surface area is 176 Å². The monoisotopic (exact) mass is 408 g/mol. The van der Waals surface area contributed by atoms with Gasteiger partial charge in [0.25, 0.3) is 0 Å². The van der Waals surface area contributed by atoms with E-state index in [0.29, 0.717) is 5.56 Å². The van der Waals surface area contributed by atoms with E-state index in [1.54, 1.807) is 17.9 Å². The number of nitrogens with two attached hydrogens (primary N) is 1. The Kier molecular flexibility index (Phi) is 5.63. The topological polar surface area (TPSA) is 87.9 Å². The lowest BCUT2D eigenvalue weighted by molar-refractivity contribution is -0.117. The molecule has 158 valence electrons. The van der Waals surface area contributed by atoms with E-state index < -0.39 is 5.91 Å². The van der Waals surface area contributed by atoms with Crippen LogP contribution in [0.5, 0.6) is 0 Å². The summed E-state index contributed by atoms with van der Waals surface area (Å²) in [6.07, 6.45) is 0.733. The normalized spacial score (nSPS) is 21.1. The van der Waals surface area contributed by atoms with Gasteiger partial charge < -0.3 is 25.6 Å². The molecule has 7 heteroatoms. The van der Waals surface area contributed by atoms with Gasteiger partial charge in [-0.05, 0) is 55.3 Å². The quantitative estimate of drug-likeness (QED) is 0.812. The van der Waals surface area contributed by atoms with Gasteiger partial charge >= 0.3 is 0 Å². The number of rotatable bonds is 4. The van der Waals surface area contributed by atoms with Crippen LogP contribution >= 0.6 is 0 Å². The number of hydrogen-bond acceptors (Lipinski definition) is 5. The minimum atomic E-state index is -0.473. The molecule has 3 N–H and O–H groups in total. The maximum absolute atomic E-state index is 12.3. The molecule has 4 rings (SSSR count). The minimum Gasteiger partial charge on any atom is -0.378 e. The van der Waals surface area contributed by atoms with Gasteiger partial charge in [0.05, 0.1) is 19.3 Å². The second-order valence-corrected chi connectivity index (χ2v) is 7.96. The zero-order valence-electron chi connectivity index (χ0n) is 17.4. The summed E-state index contributed by atoms with van der Waals surface area (Å²) in [7, 11) is 0. The highest BCUT2D eigenvalue weighted by molar-refractivity contribution is 5.97. The van der Waals surface area contributed by atoms with Crippen molar-refractivity contribution < 1.29 is 14.3 Å². The van der Waals surface area contributed by atoms with Gasteiger partial charge in [0.15, 0.2) is 0 Å². The van der Waals surface area contributed by atoms with Crippen molar-refractivity contribution in [1.82, 2.24) is 0 Å². The molecule has 2 heterocycles. The standard InChI is InChI=1S/C23H28N4O3/c1-15-12-21(20-13-17(23(24)29)6-7-22(20)27(15)16(2)28)25-18-4-3-5-19(14-18)26-8-10-30-11-9-26/h3-7,13-15,21,25H,8-12H2,1-2H3,(H2,24,29). The molecule has 0 aromatic heterocycles. The fraction of sp³-hybridized carbons (Fsp3) is 0.391. The number of carbonyl (C=O) groups is 2. The van der Waals surface area contributed by atoms with Crippen LogP contribution in [0.25, 0.3) is 0 Å². The van der Waals surface area contributed by atoms with Crippen molar-refractivity contribution >= 4 is 28.9 Å². The van der Waals surface area contributed by atoms with Crippen LogP contribution in [0, 0.1) is 0 Å². The Morgan fingerprint density at radius 2 is 1.90 bits per heavy atom.